The van der Waals surface area contributed by atoms with Crippen LogP contribution in [-0.2, 0) is 29.1 Å². The molecule has 0 unspecified atom stereocenters. The minimum Gasteiger partial charge on any atom is -0.493 e. The predicted octanol–water partition coefficient (Wildman–Crippen LogP) is 3.88. The fourth-order valence-electron chi connectivity index (χ4n) is 5.29. The van der Waals surface area contributed by atoms with Crippen molar-refractivity contribution in [2.24, 2.45) is 0 Å². The smallest absolute Gasteiger partial charge is 0.331 e. The molecular weight excluding hydrogens is 548 g/mol. The topological polar surface area (TPSA) is 121 Å². The summed E-state index contributed by atoms with van der Waals surface area (Å²) in [5.74, 6) is 0.699. The quantitative estimate of drug-likeness (QED) is 0.260. The van der Waals surface area contributed by atoms with Crippen LogP contribution in [0.2, 0.25) is 0 Å². The average molecular weight is 587 g/mol. The Morgan fingerprint density at radius 1 is 0.837 bits per heavy atom. The Morgan fingerprint density at radius 3 is 2.23 bits per heavy atom. The number of hydrogen-bond donors (Lipinski definition) is 2. The van der Waals surface area contributed by atoms with Gasteiger partial charge >= 0.3 is 5.69 Å². The molecule has 0 saturated heterocycles. The highest BCUT2D eigenvalue weighted by atomic mass is 16.5. The lowest BCUT2D eigenvalue weighted by Crippen LogP contribution is -2.42. The third-order valence-electron chi connectivity index (χ3n) is 7.34. The van der Waals surface area contributed by atoms with Gasteiger partial charge in [-0.15, -0.1) is 0 Å². The van der Waals surface area contributed by atoms with E-state index in [2.05, 4.69) is 10.6 Å². The molecule has 43 heavy (non-hydrogen) atoms. The van der Waals surface area contributed by atoms with Gasteiger partial charge in [-0.05, 0) is 74.6 Å². The van der Waals surface area contributed by atoms with Gasteiger partial charge in [-0.1, -0.05) is 35.9 Å². The lowest BCUT2D eigenvalue weighted by atomic mass is 10.1. The SMILES string of the molecule is COc1ccc(CCNC(=O)CCCn2c(=O)c3ccccc3n(CC(=O)Nc3c(C)cc(C)cc3C)c2=O)cc1OC. The molecule has 4 aromatic rings. The van der Waals surface area contributed by atoms with E-state index in [0.717, 1.165) is 26.8 Å². The Hall–Kier alpha value is -4.86. The van der Waals surface area contributed by atoms with Gasteiger partial charge < -0.3 is 20.1 Å². The fourth-order valence-corrected chi connectivity index (χ4v) is 5.29. The normalized spacial score (nSPS) is 10.9. The zero-order chi connectivity index (χ0) is 31.1. The maximum absolute atomic E-state index is 13.5. The molecule has 0 bridgehead atoms. The lowest BCUT2D eigenvalue weighted by molar-refractivity contribution is -0.121. The first-order valence-corrected chi connectivity index (χ1v) is 14.2. The molecule has 0 spiro atoms. The zero-order valence-corrected chi connectivity index (χ0v) is 25.3. The van der Waals surface area contributed by atoms with Gasteiger partial charge in [0, 0.05) is 25.2 Å². The monoisotopic (exact) mass is 586 g/mol. The third kappa shape index (κ3) is 7.32. The van der Waals surface area contributed by atoms with Crippen molar-refractivity contribution in [2.45, 2.75) is 53.1 Å². The second-order valence-corrected chi connectivity index (χ2v) is 10.6. The molecule has 0 radical (unpaired) electrons. The van der Waals surface area contributed by atoms with Gasteiger partial charge in [-0.25, -0.2) is 4.79 Å². The van der Waals surface area contributed by atoms with Crippen LogP contribution in [0.25, 0.3) is 10.9 Å². The van der Waals surface area contributed by atoms with Crippen molar-refractivity contribution >= 4 is 28.4 Å². The number of ether oxygens (including phenoxy) is 2. The minimum atomic E-state index is -0.593. The number of aryl methyl sites for hydroxylation is 3. The largest absolute Gasteiger partial charge is 0.493 e. The summed E-state index contributed by atoms with van der Waals surface area (Å²) in [4.78, 5) is 52.4. The van der Waals surface area contributed by atoms with Crippen molar-refractivity contribution in [2.75, 3.05) is 26.1 Å². The van der Waals surface area contributed by atoms with Crippen LogP contribution in [0.1, 0.15) is 35.1 Å². The number of methoxy groups -OCH3 is 2. The number of carbonyl (C=O) groups is 2. The zero-order valence-electron chi connectivity index (χ0n) is 25.3. The van der Waals surface area contributed by atoms with E-state index >= 15 is 0 Å². The number of aromatic nitrogens is 2. The van der Waals surface area contributed by atoms with Crippen molar-refractivity contribution in [3.63, 3.8) is 0 Å². The van der Waals surface area contributed by atoms with Crippen molar-refractivity contribution < 1.29 is 19.1 Å². The summed E-state index contributed by atoms with van der Waals surface area (Å²) in [5, 5.41) is 6.14. The maximum Gasteiger partial charge on any atom is 0.331 e. The van der Waals surface area contributed by atoms with Crippen LogP contribution in [0.4, 0.5) is 5.69 Å². The molecule has 0 aliphatic rings. The van der Waals surface area contributed by atoms with E-state index < -0.39 is 11.2 Å². The summed E-state index contributed by atoms with van der Waals surface area (Å²) in [6.07, 6.45) is 1.02. The number of amides is 2. The Morgan fingerprint density at radius 2 is 1.53 bits per heavy atom. The second kappa shape index (κ2) is 13.9. The molecule has 2 N–H and O–H groups in total. The number of nitrogens with zero attached hydrogens (tertiary/aromatic N) is 2. The van der Waals surface area contributed by atoms with Gasteiger partial charge in [0.15, 0.2) is 11.5 Å². The Kier molecular flexibility index (Phi) is 10.0. The molecule has 1 aromatic heterocycles. The minimum absolute atomic E-state index is 0.0450. The standard InChI is InChI=1S/C33H38N4O6/c1-21-17-22(2)31(23(3)18-21)35-30(39)20-37-26-10-7-6-9-25(26)32(40)36(33(37)41)16-8-11-29(38)34-15-14-24-12-13-27(42-4)28(19-24)43-5/h6-7,9-10,12-13,17-19H,8,11,14-16,20H2,1-5H3,(H,34,38)(H,35,39). The van der Waals surface area contributed by atoms with Crippen LogP contribution in [-0.4, -0.2) is 41.7 Å². The van der Waals surface area contributed by atoms with E-state index in [-0.39, 0.29) is 37.7 Å². The summed E-state index contributed by atoms with van der Waals surface area (Å²) in [6, 6.07) is 16.3. The van der Waals surface area contributed by atoms with Gasteiger partial charge in [0.2, 0.25) is 11.8 Å². The summed E-state index contributed by atoms with van der Waals surface area (Å²) in [5.41, 5.74) is 3.98. The molecule has 3 aromatic carbocycles. The number of hydrogen-bond acceptors (Lipinski definition) is 6. The first-order valence-electron chi connectivity index (χ1n) is 14.2. The molecule has 10 nitrogen and oxygen atoms in total. The summed E-state index contributed by atoms with van der Waals surface area (Å²) >= 11 is 0. The van der Waals surface area contributed by atoms with Crippen molar-refractivity contribution in [1.29, 1.82) is 0 Å². The first-order chi connectivity index (χ1) is 20.6. The number of carbonyl (C=O) groups excluding carboxylic acids is 2. The molecule has 0 aliphatic heterocycles. The number of anilines is 1. The van der Waals surface area contributed by atoms with E-state index in [1.165, 1.54) is 4.57 Å². The lowest BCUT2D eigenvalue weighted by Gasteiger charge is -2.16. The van der Waals surface area contributed by atoms with Crippen molar-refractivity contribution in [1.82, 2.24) is 14.5 Å². The third-order valence-corrected chi connectivity index (χ3v) is 7.34. The number of para-hydroxylation sites is 1. The molecular formula is C33H38N4O6. The number of benzene rings is 3. The molecule has 0 atom stereocenters. The Labute approximate surface area is 250 Å². The van der Waals surface area contributed by atoms with Crippen molar-refractivity contribution in [3.05, 3.63) is 97.7 Å². The highest BCUT2D eigenvalue weighted by molar-refractivity contribution is 5.93. The highest BCUT2D eigenvalue weighted by Gasteiger charge is 2.17. The van der Waals surface area contributed by atoms with E-state index in [9.17, 15) is 19.2 Å². The van der Waals surface area contributed by atoms with Gasteiger partial charge in [0.25, 0.3) is 5.56 Å². The molecule has 1 heterocycles. The molecule has 10 heteroatoms. The van der Waals surface area contributed by atoms with E-state index in [0.29, 0.717) is 41.1 Å². The number of nitrogens with one attached hydrogen (secondary N) is 2. The molecule has 2 amide bonds. The molecule has 0 aliphatic carbocycles. The highest BCUT2D eigenvalue weighted by Crippen LogP contribution is 2.27. The van der Waals surface area contributed by atoms with Gasteiger partial charge in [0.05, 0.1) is 25.1 Å². The number of rotatable bonds is 12. The van der Waals surface area contributed by atoms with Crippen molar-refractivity contribution in [3.8, 4) is 11.5 Å². The van der Waals surface area contributed by atoms with Gasteiger partial charge in [-0.3, -0.25) is 23.5 Å². The van der Waals surface area contributed by atoms with Crippen LogP contribution in [0.15, 0.2) is 64.2 Å². The molecule has 226 valence electrons. The Balaban J connectivity index is 1.42. The van der Waals surface area contributed by atoms with Crippen LogP contribution >= 0.6 is 0 Å². The summed E-state index contributed by atoms with van der Waals surface area (Å²) in [6.45, 7) is 6.04. The molecule has 4 rings (SSSR count). The predicted molar refractivity (Wildman–Crippen MR) is 167 cm³/mol. The Bertz CT molecular complexity index is 1750. The summed E-state index contributed by atoms with van der Waals surface area (Å²) in [7, 11) is 3.14. The summed E-state index contributed by atoms with van der Waals surface area (Å²) < 4.78 is 13.0. The molecule has 0 saturated carbocycles. The second-order valence-electron chi connectivity index (χ2n) is 10.6. The van der Waals surface area contributed by atoms with Crippen LogP contribution in [0.3, 0.4) is 0 Å². The maximum atomic E-state index is 13.5. The van der Waals surface area contributed by atoms with E-state index in [1.54, 1.807) is 38.5 Å². The van der Waals surface area contributed by atoms with E-state index in [4.69, 9.17) is 9.47 Å². The van der Waals surface area contributed by atoms with E-state index in [1.807, 2.05) is 51.1 Å². The average Bonchev–Trinajstić information content (AvgIpc) is 2.98. The van der Waals surface area contributed by atoms with Gasteiger partial charge in [-0.2, -0.15) is 0 Å². The van der Waals surface area contributed by atoms with Gasteiger partial charge in [0.1, 0.15) is 6.54 Å². The fraction of sp³-hybridized carbons (Fsp3) is 0.333. The van der Waals surface area contributed by atoms with Crippen LogP contribution < -0.4 is 31.4 Å². The van der Waals surface area contributed by atoms with Crippen LogP contribution in [0.5, 0.6) is 11.5 Å². The van der Waals surface area contributed by atoms with Crippen LogP contribution in [0, 0.1) is 20.8 Å². The molecule has 0 fully saturated rings. The number of fused-ring (bicyclic) bond motifs is 1. The first kappa shape index (κ1) is 31.1.